The molecule has 0 spiro atoms. The van der Waals surface area contributed by atoms with Gasteiger partial charge in [-0.1, -0.05) is 23.4 Å². The van der Waals surface area contributed by atoms with Crippen LogP contribution in [0.2, 0.25) is 0 Å². The lowest BCUT2D eigenvalue weighted by Crippen LogP contribution is -2.42. The van der Waals surface area contributed by atoms with Crippen LogP contribution < -0.4 is 5.32 Å². The molecule has 3 amide bonds. The number of anilines is 1. The Morgan fingerprint density at radius 1 is 0.970 bits per heavy atom. The van der Waals surface area contributed by atoms with Crippen LogP contribution in [0.3, 0.4) is 0 Å². The SMILES string of the molecule is O=Cc1ccc2c3c(ccc(C(=O)Nc4ccc(CCO)cc4)c13)C(=O)N(CCN=O)C2=O. The number of imide groups is 1. The highest BCUT2D eigenvalue weighted by Gasteiger charge is 2.34. The molecule has 0 fully saturated rings. The van der Waals surface area contributed by atoms with E-state index in [1.165, 1.54) is 24.3 Å². The first-order valence-corrected chi connectivity index (χ1v) is 10.2. The minimum atomic E-state index is -0.615. The summed E-state index contributed by atoms with van der Waals surface area (Å²) in [5, 5.41) is 15.0. The highest BCUT2D eigenvalue weighted by atomic mass is 16.3. The quantitative estimate of drug-likeness (QED) is 0.311. The van der Waals surface area contributed by atoms with E-state index in [1.54, 1.807) is 24.3 Å². The second-order valence-corrected chi connectivity index (χ2v) is 7.47. The summed E-state index contributed by atoms with van der Waals surface area (Å²) in [4.78, 5) is 62.2. The highest BCUT2D eigenvalue weighted by molar-refractivity contribution is 6.29. The van der Waals surface area contributed by atoms with Crippen LogP contribution in [0.5, 0.6) is 0 Å². The lowest BCUT2D eigenvalue weighted by atomic mass is 9.88. The number of nitroso groups, excluding NO2 is 1. The molecule has 0 atom stereocenters. The number of carbonyl (C=O) groups is 4. The Balaban J connectivity index is 1.79. The molecular formula is C24H19N3O6. The molecule has 9 heteroatoms. The number of hydrogen-bond donors (Lipinski definition) is 2. The van der Waals surface area contributed by atoms with E-state index in [9.17, 15) is 24.1 Å². The summed E-state index contributed by atoms with van der Waals surface area (Å²) >= 11 is 0. The third-order valence-electron chi connectivity index (χ3n) is 5.54. The molecule has 3 aromatic rings. The third-order valence-corrected chi connectivity index (χ3v) is 5.54. The van der Waals surface area contributed by atoms with E-state index in [4.69, 9.17) is 5.11 Å². The Morgan fingerprint density at radius 2 is 1.64 bits per heavy atom. The van der Waals surface area contributed by atoms with Crippen LogP contribution in [0.4, 0.5) is 5.69 Å². The van der Waals surface area contributed by atoms with Crippen LogP contribution >= 0.6 is 0 Å². The summed E-state index contributed by atoms with van der Waals surface area (Å²) in [5.74, 6) is -1.74. The van der Waals surface area contributed by atoms with Crippen LogP contribution in [0, 0.1) is 4.91 Å². The monoisotopic (exact) mass is 445 g/mol. The molecule has 0 radical (unpaired) electrons. The molecule has 1 aliphatic rings. The van der Waals surface area contributed by atoms with Crippen molar-refractivity contribution in [2.24, 2.45) is 5.18 Å². The van der Waals surface area contributed by atoms with Gasteiger partial charge in [0.2, 0.25) is 0 Å². The molecule has 1 heterocycles. The maximum Gasteiger partial charge on any atom is 0.261 e. The fraction of sp³-hybridized carbons (Fsp3) is 0.167. The minimum absolute atomic E-state index is 0.0153. The minimum Gasteiger partial charge on any atom is -0.396 e. The van der Waals surface area contributed by atoms with Crippen LogP contribution in [-0.4, -0.2) is 53.7 Å². The van der Waals surface area contributed by atoms with Crippen molar-refractivity contribution >= 4 is 40.5 Å². The van der Waals surface area contributed by atoms with Crippen molar-refractivity contribution in [3.8, 4) is 0 Å². The van der Waals surface area contributed by atoms with E-state index in [0.29, 0.717) is 18.4 Å². The van der Waals surface area contributed by atoms with Gasteiger partial charge in [0, 0.05) is 45.3 Å². The average Bonchev–Trinajstić information content (AvgIpc) is 2.83. The number of rotatable bonds is 8. The number of carbonyl (C=O) groups excluding carboxylic acids is 4. The van der Waals surface area contributed by atoms with E-state index in [1.807, 2.05) is 0 Å². The van der Waals surface area contributed by atoms with Gasteiger partial charge in [0.15, 0.2) is 6.29 Å². The number of nitrogens with zero attached hydrogens (tertiary/aromatic N) is 2. The van der Waals surface area contributed by atoms with Crippen LogP contribution in [-0.2, 0) is 6.42 Å². The molecule has 0 saturated carbocycles. The number of benzene rings is 3. The van der Waals surface area contributed by atoms with Gasteiger partial charge in [-0.15, -0.1) is 0 Å². The van der Waals surface area contributed by atoms with Crippen molar-refractivity contribution in [1.82, 2.24) is 4.90 Å². The molecule has 0 unspecified atom stereocenters. The van der Waals surface area contributed by atoms with Gasteiger partial charge in [-0.25, -0.2) is 0 Å². The van der Waals surface area contributed by atoms with E-state index < -0.39 is 17.7 Å². The molecule has 33 heavy (non-hydrogen) atoms. The topological polar surface area (TPSA) is 133 Å². The van der Waals surface area contributed by atoms with Gasteiger partial charge in [0.05, 0.1) is 13.1 Å². The lowest BCUT2D eigenvalue weighted by molar-refractivity contribution is 0.0614. The zero-order valence-electron chi connectivity index (χ0n) is 17.4. The lowest BCUT2D eigenvalue weighted by Gasteiger charge is -2.27. The molecule has 0 aliphatic carbocycles. The van der Waals surface area contributed by atoms with Gasteiger partial charge in [-0.05, 0) is 42.3 Å². The maximum absolute atomic E-state index is 13.1. The Kier molecular flexibility index (Phi) is 6.05. The fourth-order valence-corrected chi connectivity index (χ4v) is 3.98. The molecule has 166 valence electrons. The highest BCUT2D eigenvalue weighted by Crippen LogP contribution is 2.34. The Morgan fingerprint density at radius 3 is 2.24 bits per heavy atom. The average molecular weight is 445 g/mol. The Hall–Kier alpha value is -4.24. The van der Waals surface area contributed by atoms with Crippen LogP contribution in [0.1, 0.15) is 47.0 Å². The molecule has 1 aliphatic heterocycles. The first-order chi connectivity index (χ1) is 16.0. The summed E-state index contributed by atoms with van der Waals surface area (Å²) in [6, 6.07) is 12.7. The van der Waals surface area contributed by atoms with Gasteiger partial charge in [0.1, 0.15) is 0 Å². The summed E-state index contributed by atoms with van der Waals surface area (Å²) in [6.07, 6.45) is 1.06. The van der Waals surface area contributed by atoms with Crippen molar-refractivity contribution in [1.29, 1.82) is 0 Å². The van der Waals surface area contributed by atoms with Crippen molar-refractivity contribution < 1.29 is 24.3 Å². The number of amides is 3. The zero-order chi connectivity index (χ0) is 23.5. The van der Waals surface area contributed by atoms with Gasteiger partial charge < -0.3 is 10.4 Å². The first-order valence-electron chi connectivity index (χ1n) is 10.2. The molecule has 3 aromatic carbocycles. The van der Waals surface area contributed by atoms with E-state index >= 15 is 0 Å². The smallest absolute Gasteiger partial charge is 0.261 e. The van der Waals surface area contributed by atoms with Gasteiger partial charge in [0.25, 0.3) is 17.7 Å². The standard InChI is InChI=1S/C24H19N3O6/c28-12-9-14-1-4-16(5-2-14)26-22(30)17-7-8-19-21-18(6-3-15(13-29)20(17)21)23(31)27(24(19)32)11-10-25-33/h1-8,13,28H,9-12H2,(H,26,30). The van der Waals surface area contributed by atoms with Crippen molar-refractivity contribution in [3.63, 3.8) is 0 Å². The van der Waals surface area contributed by atoms with E-state index in [0.717, 1.165) is 10.5 Å². The van der Waals surface area contributed by atoms with Crippen LogP contribution in [0.25, 0.3) is 10.8 Å². The number of nitrogens with one attached hydrogen (secondary N) is 1. The largest absolute Gasteiger partial charge is 0.396 e. The molecule has 4 rings (SSSR count). The normalized spacial score (nSPS) is 12.7. The maximum atomic E-state index is 13.1. The summed E-state index contributed by atoms with van der Waals surface area (Å²) in [5.41, 5.74) is 2.06. The molecule has 9 nitrogen and oxygen atoms in total. The molecule has 0 aromatic heterocycles. The second kappa shape index (κ2) is 9.09. The van der Waals surface area contributed by atoms with E-state index in [2.05, 4.69) is 10.5 Å². The number of aliphatic hydroxyl groups is 1. The van der Waals surface area contributed by atoms with Gasteiger partial charge in [-0.3, -0.25) is 24.1 Å². The molecule has 0 saturated heterocycles. The summed E-state index contributed by atoms with van der Waals surface area (Å²) in [6.45, 7) is -0.382. The number of hydrogen-bond acceptors (Lipinski definition) is 7. The van der Waals surface area contributed by atoms with Crippen molar-refractivity contribution in [2.75, 3.05) is 25.0 Å². The fourth-order valence-electron chi connectivity index (χ4n) is 3.98. The predicted octanol–water partition coefficient (Wildman–Crippen LogP) is 2.80. The van der Waals surface area contributed by atoms with Gasteiger partial charge >= 0.3 is 0 Å². The summed E-state index contributed by atoms with van der Waals surface area (Å²) in [7, 11) is 0. The third kappa shape index (κ3) is 3.90. The molecular weight excluding hydrogens is 426 g/mol. The van der Waals surface area contributed by atoms with Crippen molar-refractivity contribution in [2.45, 2.75) is 6.42 Å². The number of aldehydes is 1. The van der Waals surface area contributed by atoms with Gasteiger partial charge in [-0.2, -0.15) is 4.91 Å². The second-order valence-electron chi connectivity index (χ2n) is 7.47. The number of aliphatic hydroxyl groups excluding tert-OH is 1. The van der Waals surface area contributed by atoms with Crippen molar-refractivity contribution in [3.05, 3.63) is 81.3 Å². The first kappa shape index (κ1) is 22.0. The zero-order valence-corrected chi connectivity index (χ0v) is 17.4. The molecule has 2 N–H and O–H groups in total. The summed E-state index contributed by atoms with van der Waals surface area (Å²) < 4.78 is 0. The molecule has 0 bridgehead atoms. The van der Waals surface area contributed by atoms with Crippen LogP contribution in [0.15, 0.2) is 53.7 Å². The van der Waals surface area contributed by atoms with E-state index in [-0.39, 0.29) is 52.7 Å². The Labute approximate surface area is 188 Å². The Bertz CT molecular complexity index is 1280. The predicted molar refractivity (Wildman–Crippen MR) is 121 cm³/mol.